The molecule has 0 amide bonds. The van der Waals surface area contributed by atoms with E-state index in [1.807, 2.05) is 6.07 Å². The summed E-state index contributed by atoms with van der Waals surface area (Å²) < 4.78 is 7.88. The largest absolute Gasteiger partial charge is 0.366 e. The molecule has 1 aromatic rings. The zero-order chi connectivity index (χ0) is 10.3. The van der Waals surface area contributed by atoms with Gasteiger partial charge in [-0.05, 0) is 31.5 Å². The maximum Gasteiger partial charge on any atom is 0.0909 e. The van der Waals surface area contributed by atoms with Gasteiger partial charge in [0.25, 0.3) is 0 Å². The van der Waals surface area contributed by atoms with Crippen LogP contribution in [0.25, 0.3) is 0 Å². The smallest absolute Gasteiger partial charge is 0.0909 e. The minimum absolute atomic E-state index is 0.0642. The lowest BCUT2D eigenvalue weighted by Crippen LogP contribution is -2.06. The van der Waals surface area contributed by atoms with Crippen LogP contribution in [-0.2, 0) is 11.2 Å². The van der Waals surface area contributed by atoms with Gasteiger partial charge in [-0.2, -0.15) is 0 Å². The Kier molecular flexibility index (Phi) is 2.75. The summed E-state index contributed by atoms with van der Waals surface area (Å²) in [6.45, 7) is 4.25. The van der Waals surface area contributed by atoms with Crippen molar-refractivity contribution in [1.82, 2.24) is 0 Å². The molecule has 0 saturated carbocycles. The van der Waals surface area contributed by atoms with Gasteiger partial charge >= 0.3 is 0 Å². The monoisotopic (exact) mass is 318 g/mol. The van der Waals surface area contributed by atoms with Crippen molar-refractivity contribution in [3.05, 3.63) is 32.7 Å². The molecule has 1 fully saturated rings. The van der Waals surface area contributed by atoms with E-state index in [4.69, 9.17) is 4.74 Å². The molecule has 0 radical (unpaired) electrons. The van der Waals surface area contributed by atoms with Gasteiger partial charge in [-0.25, -0.2) is 0 Å². The minimum Gasteiger partial charge on any atom is -0.366 e. The van der Waals surface area contributed by atoms with Crippen LogP contribution in [0.1, 0.15) is 19.4 Å². The molecule has 0 spiro atoms. The van der Waals surface area contributed by atoms with Crippen LogP contribution in [0.2, 0.25) is 0 Å². The van der Waals surface area contributed by atoms with Crippen LogP contribution >= 0.6 is 31.9 Å². The van der Waals surface area contributed by atoms with E-state index in [-0.39, 0.29) is 5.60 Å². The average Bonchev–Trinajstić information content (AvgIpc) is 2.67. The molecular weight excluding hydrogens is 308 g/mol. The van der Waals surface area contributed by atoms with E-state index >= 15 is 0 Å². The molecule has 0 bridgehead atoms. The molecule has 1 aromatic carbocycles. The van der Waals surface area contributed by atoms with Gasteiger partial charge in [0.1, 0.15) is 0 Å². The first-order chi connectivity index (χ1) is 6.50. The van der Waals surface area contributed by atoms with Crippen LogP contribution < -0.4 is 0 Å². The van der Waals surface area contributed by atoms with Crippen molar-refractivity contribution in [2.45, 2.75) is 32.0 Å². The molecule has 76 valence electrons. The van der Waals surface area contributed by atoms with E-state index in [0.717, 1.165) is 15.4 Å². The van der Waals surface area contributed by atoms with Gasteiger partial charge in [-0.1, -0.05) is 37.9 Å². The minimum atomic E-state index is 0.0642. The van der Waals surface area contributed by atoms with Gasteiger partial charge in [0.2, 0.25) is 0 Å². The van der Waals surface area contributed by atoms with E-state index in [1.165, 1.54) is 5.56 Å². The number of hydrogen-bond acceptors (Lipinski definition) is 1. The molecule has 0 N–H and O–H groups in total. The lowest BCUT2D eigenvalue weighted by Gasteiger charge is -2.05. The Hall–Kier alpha value is 0.140. The molecule has 0 aliphatic carbocycles. The fourth-order valence-corrected chi connectivity index (χ4v) is 2.85. The molecule has 1 aliphatic heterocycles. The molecule has 1 atom stereocenters. The third-order valence-corrected chi connectivity index (χ3v) is 4.10. The Bertz CT molecular complexity index is 340. The van der Waals surface area contributed by atoms with Crippen molar-refractivity contribution >= 4 is 31.9 Å². The second-order valence-corrected chi connectivity index (χ2v) is 5.82. The Morgan fingerprint density at radius 3 is 2.21 bits per heavy atom. The summed E-state index contributed by atoms with van der Waals surface area (Å²) in [5.41, 5.74) is 1.36. The molecule has 1 nitrogen and oxygen atoms in total. The Morgan fingerprint density at radius 2 is 1.79 bits per heavy atom. The van der Waals surface area contributed by atoms with Crippen molar-refractivity contribution in [3.8, 4) is 0 Å². The summed E-state index contributed by atoms with van der Waals surface area (Å²) in [6.07, 6.45) is 1.33. The molecule has 1 saturated heterocycles. The van der Waals surface area contributed by atoms with Gasteiger partial charge in [0.05, 0.1) is 11.7 Å². The van der Waals surface area contributed by atoms with Crippen LogP contribution in [-0.4, -0.2) is 11.7 Å². The second-order valence-electron chi connectivity index (χ2n) is 4.11. The molecule has 1 heterocycles. The number of epoxide rings is 1. The molecule has 2 rings (SSSR count). The number of hydrogen-bond donors (Lipinski definition) is 0. The third kappa shape index (κ3) is 2.05. The first kappa shape index (κ1) is 10.7. The fourth-order valence-electron chi connectivity index (χ4n) is 1.53. The number of rotatable bonds is 2. The predicted octanol–water partition coefficient (Wildman–Crippen LogP) is 3.93. The molecule has 0 aromatic heterocycles. The zero-order valence-corrected chi connectivity index (χ0v) is 11.4. The van der Waals surface area contributed by atoms with Crippen molar-refractivity contribution in [1.29, 1.82) is 0 Å². The Morgan fingerprint density at radius 1 is 1.29 bits per heavy atom. The highest BCUT2D eigenvalue weighted by Gasteiger charge is 2.47. The van der Waals surface area contributed by atoms with Gasteiger partial charge < -0.3 is 4.74 Å². The fraction of sp³-hybridized carbons (Fsp3) is 0.455. The predicted molar refractivity (Wildman–Crippen MR) is 64.5 cm³/mol. The Labute approximate surface area is 101 Å². The summed E-state index contributed by atoms with van der Waals surface area (Å²) in [4.78, 5) is 0. The van der Waals surface area contributed by atoms with Crippen molar-refractivity contribution in [3.63, 3.8) is 0 Å². The highest BCUT2D eigenvalue weighted by Crippen LogP contribution is 2.40. The van der Waals surface area contributed by atoms with Gasteiger partial charge in [-0.15, -0.1) is 0 Å². The second kappa shape index (κ2) is 3.62. The SMILES string of the molecule is CC1(C)OC1Cc1c(Br)cccc1Br. The van der Waals surface area contributed by atoms with Crippen molar-refractivity contribution in [2.75, 3.05) is 0 Å². The summed E-state index contributed by atoms with van der Waals surface area (Å²) in [7, 11) is 0. The summed E-state index contributed by atoms with van der Waals surface area (Å²) in [6, 6.07) is 6.15. The van der Waals surface area contributed by atoms with E-state index in [2.05, 4.69) is 57.8 Å². The summed E-state index contributed by atoms with van der Waals surface area (Å²) in [5.74, 6) is 0. The zero-order valence-electron chi connectivity index (χ0n) is 8.18. The lowest BCUT2D eigenvalue weighted by atomic mass is 10.0. The van der Waals surface area contributed by atoms with Crippen LogP contribution in [0, 0.1) is 0 Å². The average molecular weight is 320 g/mol. The third-order valence-electron chi connectivity index (χ3n) is 2.62. The van der Waals surface area contributed by atoms with Gasteiger partial charge in [-0.3, -0.25) is 0 Å². The standard InChI is InChI=1S/C11H12Br2O/c1-11(2)10(14-11)6-7-8(12)4-3-5-9(7)13/h3-5,10H,6H2,1-2H3. The quantitative estimate of drug-likeness (QED) is 0.752. The number of ether oxygens (including phenoxy) is 1. The van der Waals surface area contributed by atoms with E-state index in [0.29, 0.717) is 6.10 Å². The van der Waals surface area contributed by atoms with E-state index in [9.17, 15) is 0 Å². The van der Waals surface area contributed by atoms with Crippen molar-refractivity contribution in [2.24, 2.45) is 0 Å². The highest BCUT2D eigenvalue weighted by molar-refractivity contribution is 9.11. The summed E-state index contributed by atoms with van der Waals surface area (Å²) >= 11 is 7.11. The maximum absolute atomic E-state index is 5.58. The molecule has 3 heteroatoms. The van der Waals surface area contributed by atoms with E-state index in [1.54, 1.807) is 0 Å². The van der Waals surface area contributed by atoms with Crippen molar-refractivity contribution < 1.29 is 4.74 Å². The normalized spacial score (nSPS) is 23.6. The molecule has 14 heavy (non-hydrogen) atoms. The topological polar surface area (TPSA) is 12.5 Å². The van der Waals surface area contributed by atoms with Crippen LogP contribution in [0.5, 0.6) is 0 Å². The highest BCUT2D eigenvalue weighted by atomic mass is 79.9. The molecule has 1 aliphatic rings. The molecule has 1 unspecified atom stereocenters. The van der Waals surface area contributed by atoms with Crippen LogP contribution in [0.3, 0.4) is 0 Å². The first-order valence-corrected chi connectivity index (χ1v) is 6.20. The number of halogens is 2. The Balaban J connectivity index is 2.17. The van der Waals surface area contributed by atoms with Crippen LogP contribution in [0.15, 0.2) is 27.1 Å². The van der Waals surface area contributed by atoms with Gasteiger partial charge in [0, 0.05) is 15.4 Å². The number of benzene rings is 1. The van der Waals surface area contributed by atoms with Gasteiger partial charge in [0.15, 0.2) is 0 Å². The summed E-state index contributed by atoms with van der Waals surface area (Å²) in [5, 5.41) is 0. The first-order valence-electron chi connectivity index (χ1n) is 4.61. The maximum atomic E-state index is 5.58. The van der Waals surface area contributed by atoms with E-state index < -0.39 is 0 Å². The van der Waals surface area contributed by atoms with Crippen LogP contribution in [0.4, 0.5) is 0 Å². The molecular formula is C11H12Br2O. The lowest BCUT2D eigenvalue weighted by molar-refractivity contribution is 0.323.